The number of carbonyl (C=O) groups excluding carboxylic acids is 1. The van der Waals surface area contributed by atoms with Gasteiger partial charge in [-0.05, 0) is 30.2 Å². The van der Waals surface area contributed by atoms with Gasteiger partial charge < -0.3 is 4.74 Å². The molecule has 4 heteroatoms. The molecule has 0 spiro atoms. The average molecular weight is 268 g/mol. The second-order valence-electron chi connectivity index (χ2n) is 4.84. The lowest BCUT2D eigenvalue weighted by Gasteiger charge is -2.03. The molecule has 20 heavy (non-hydrogen) atoms. The minimum atomic E-state index is 0.172. The van der Waals surface area contributed by atoms with Gasteiger partial charge in [0.15, 0.2) is 5.78 Å². The van der Waals surface area contributed by atoms with E-state index in [1.807, 2.05) is 47.3 Å². The molecule has 0 radical (unpaired) electrons. The molecular weight excluding hydrogens is 252 g/mol. The Labute approximate surface area is 117 Å². The molecule has 102 valence electrons. The molecule has 0 bridgehead atoms. The van der Waals surface area contributed by atoms with Gasteiger partial charge in [0.2, 0.25) is 0 Å². The SMILES string of the molecule is COc1ccc(Cn2cc3c(n2)C=CCCC3=O)cc1. The van der Waals surface area contributed by atoms with Crippen LogP contribution in [0.5, 0.6) is 5.75 Å². The van der Waals surface area contributed by atoms with Gasteiger partial charge in [-0.15, -0.1) is 0 Å². The summed E-state index contributed by atoms with van der Waals surface area (Å²) in [5, 5.41) is 4.48. The van der Waals surface area contributed by atoms with E-state index in [1.165, 1.54) is 0 Å². The maximum Gasteiger partial charge on any atom is 0.166 e. The minimum absolute atomic E-state index is 0.172. The first kappa shape index (κ1) is 12.7. The fourth-order valence-corrected chi connectivity index (χ4v) is 2.32. The van der Waals surface area contributed by atoms with Gasteiger partial charge in [0.1, 0.15) is 5.75 Å². The van der Waals surface area contributed by atoms with Crippen LogP contribution in [0.2, 0.25) is 0 Å². The quantitative estimate of drug-likeness (QED) is 0.859. The van der Waals surface area contributed by atoms with Gasteiger partial charge in [0, 0.05) is 12.6 Å². The highest BCUT2D eigenvalue weighted by molar-refractivity contribution is 5.99. The fraction of sp³-hybridized carbons (Fsp3) is 0.250. The number of hydrogen-bond donors (Lipinski definition) is 0. The average Bonchev–Trinajstić information content (AvgIpc) is 2.79. The van der Waals surface area contributed by atoms with Gasteiger partial charge in [0.05, 0.1) is 24.9 Å². The third-order valence-corrected chi connectivity index (χ3v) is 3.41. The Hall–Kier alpha value is -2.36. The van der Waals surface area contributed by atoms with Crippen LogP contribution in [0, 0.1) is 0 Å². The molecule has 1 aliphatic carbocycles. The van der Waals surface area contributed by atoms with Crippen LogP contribution in [-0.2, 0) is 6.54 Å². The normalized spacial score (nSPS) is 13.9. The van der Waals surface area contributed by atoms with Gasteiger partial charge in [-0.2, -0.15) is 5.10 Å². The first-order valence-corrected chi connectivity index (χ1v) is 6.66. The Balaban J connectivity index is 1.84. The molecule has 0 saturated heterocycles. The highest BCUT2D eigenvalue weighted by atomic mass is 16.5. The van der Waals surface area contributed by atoms with Gasteiger partial charge in [-0.3, -0.25) is 9.48 Å². The number of nitrogens with zero attached hydrogens (tertiary/aromatic N) is 2. The Morgan fingerprint density at radius 2 is 2.10 bits per heavy atom. The maximum absolute atomic E-state index is 11.9. The largest absolute Gasteiger partial charge is 0.497 e. The van der Waals surface area contributed by atoms with Crippen LogP contribution in [0.25, 0.3) is 6.08 Å². The number of Topliss-reactive ketones (excluding diaryl/α,β-unsaturated/α-hetero) is 1. The summed E-state index contributed by atoms with van der Waals surface area (Å²) < 4.78 is 6.96. The molecule has 1 aromatic carbocycles. The van der Waals surface area contributed by atoms with Gasteiger partial charge in [0.25, 0.3) is 0 Å². The standard InChI is InChI=1S/C16H16N2O2/c1-20-13-8-6-12(7-9-13)10-18-11-14-15(17-18)4-2-3-5-16(14)19/h2,4,6-9,11H,3,5,10H2,1H3. The summed E-state index contributed by atoms with van der Waals surface area (Å²) in [5.41, 5.74) is 2.63. The first-order valence-electron chi connectivity index (χ1n) is 6.66. The molecule has 1 aromatic heterocycles. The predicted molar refractivity (Wildman–Crippen MR) is 76.9 cm³/mol. The number of aromatic nitrogens is 2. The van der Waals surface area contributed by atoms with Crippen molar-refractivity contribution in [2.24, 2.45) is 0 Å². The van der Waals surface area contributed by atoms with Crippen LogP contribution < -0.4 is 4.74 Å². The van der Waals surface area contributed by atoms with E-state index in [0.29, 0.717) is 13.0 Å². The topological polar surface area (TPSA) is 44.1 Å². The molecule has 0 atom stereocenters. The van der Waals surface area contributed by atoms with E-state index >= 15 is 0 Å². The molecule has 1 aliphatic rings. The lowest BCUT2D eigenvalue weighted by atomic mass is 10.1. The number of carbonyl (C=O) groups is 1. The molecule has 0 fully saturated rings. The Morgan fingerprint density at radius 1 is 1.30 bits per heavy atom. The molecule has 4 nitrogen and oxygen atoms in total. The molecule has 0 saturated carbocycles. The fourth-order valence-electron chi connectivity index (χ4n) is 2.32. The number of ether oxygens (including phenoxy) is 1. The number of fused-ring (bicyclic) bond motifs is 1. The van der Waals surface area contributed by atoms with Crippen LogP contribution in [0.4, 0.5) is 0 Å². The zero-order chi connectivity index (χ0) is 13.9. The molecule has 1 heterocycles. The molecule has 0 aliphatic heterocycles. The van der Waals surface area contributed by atoms with E-state index in [1.54, 1.807) is 7.11 Å². The van der Waals surface area contributed by atoms with Crippen molar-refractivity contribution in [2.45, 2.75) is 19.4 Å². The van der Waals surface area contributed by atoms with Crippen molar-refractivity contribution in [3.05, 3.63) is 53.4 Å². The van der Waals surface area contributed by atoms with E-state index in [2.05, 4.69) is 5.10 Å². The van der Waals surface area contributed by atoms with Gasteiger partial charge in [-0.25, -0.2) is 0 Å². The second kappa shape index (κ2) is 5.33. The van der Waals surface area contributed by atoms with Crippen molar-refractivity contribution >= 4 is 11.9 Å². The Morgan fingerprint density at radius 3 is 2.85 bits per heavy atom. The van der Waals surface area contributed by atoms with E-state index < -0.39 is 0 Å². The molecule has 0 unspecified atom stereocenters. The molecule has 0 amide bonds. The molecule has 3 rings (SSSR count). The minimum Gasteiger partial charge on any atom is -0.497 e. The van der Waals surface area contributed by atoms with Crippen LogP contribution in [0.15, 0.2) is 36.5 Å². The summed E-state index contributed by atoms with van der Waals surface area (Å²) in [6, 6.07) is 7.86. The Kier molecular flexibility index (Phi) is 3.37. The van der Waals surface area contributed by atoms with Crippen LogP contribution in [-0.4, -0.2) is 22.7 Å². The van der Waals surface area contributed by atoms with Crippen molar-refractivity contribution in [1.82, 2.24) is 9.78 Å². The number of hydrogen-bond acceptors (Lipinski definition) is 3. The molecule has 2 aromatic rings. The van der Waals surface area contributed by atoms with Gasteiger partial charge in [-0.1, -0.05) is 18.2 Å². The van der Waals surface area contributed by atoms with Crippen molar-refractivity contribution in [3.8, 4) is 5.75 Å². The highest BCUT2D eigenvalue weighted by Crippen LogP contribution is 2.18. The highest BCUT2D eigenvalue weighted by Gasteiger charge is 2.16. The van der Waals surface area contributed by atoms with Gasteiger partial charge >= 0.3 is 0 Å². The van der Waals surface area contributed by atoms with E-state index in [-0.39, 0.29) is 5.78 Å². The zero-order valence-corrected chi connectivity index (χ0v) is 11.4. The smallest absolute Gasteiger partial charge is 0.166 e. The zero-order valence-electron chi connectivity index (χ0n) is 11.4. The summed E-state index contributed by atoms with van der Waals surface area (Å²) in [6.07, 6.45) is 7.15. The van der Waals surface area contributed by atoms with Crippen molar-refractivity contribution in [2.75, 3.05) is 7.11 Å². The van der Waals surface area contributed by atoms with Crippen molar-refractivity contribution in [1.29, 1.82) is 0 Å². The van der Waals surface area contributed by atoms with E-state index in [9.17, 15) is 4.79 Å². The van der Waals surface area contributed by atoms with Crippen LogP contribution in [0.1, 0.15) is 34.5 Å². The summed E-state index contributed by atoms with van der Waals surface area (Å²) in [5.74, 6) is 1.01. The summed E-state index contributed by atoms with van der Waals surface area (Å²) in [4.78, 5) is 11.9. The van der Waals surface area contributed by atoms with Crippen molar-refractivity contribution < 1.29 is 9.53 Å². The number of allylic oxidation sites excluding steroid dienone is 1. The number of ketones is 1. The van der Waals surface area contributed by atoms with Crippen LogP contribution in [0.3, 0.4) is 0 Å². The summed E-state index contributed by atoms with van der Waals surface area (Å²) in [6.45, 7) is 0.651. The second-order valence-corrected chi connectivity index (χ2v) is 4.84. The van der Waals surface area contributed by atoms with E-state index in [0.717, 1.165) is 29.0 Å². The third kappa shape index (κ3) is 2.50. The van der Waals surface area contributed by atoms with E-state index in [4.69, 9.17) is 4.74 Å². The summed E-state index contributed by atoms with van der Waals surface area (Å²) in [7, 11) is 1.65. The lowest BCUT2D eigenvalue weighted by molar-refractivity contribution is 0.0984. The monoisotopic (exact) mass is 268 g/mol. The van der Waals surface area contributed by atoms with Crippen molar-refractivity contribution in [3.63, 3.8) is 0 Å². The third-order valence-electron chi connectivity index (χ3n) is 3.41. The predicted octanol–water partition coefficient (Wildman–Crippen LogP) is 2.93. The number of benzene rings is 1. The number of rotatable bonds is 3. The maximum atomic E-state index is 11.9. The van der Waals surface area contributed by atoms with Crippen LogP contribution >= 0.6 is 0 Å². The first-order chi connectivity index (χ1) is 9.76. The lowest BCUT2D eigenvalue weighted by Crippen LogP contribution is -2.01. The molecular formula is C16H16N2O2. The Bertz CT molecular complexity index is 654. The summed E-state index contributed by atoms with van der Waals surface area (Å²) >= 11 is 0. The molecule has 0 N–H and O–H groups in total. The number of methoxy groups -OCH3 is 1.